The fourth-order valence-corrected chi connectivity index (χ4v) is 2.43. The molecular weight excluding hydrogens is 254 g/mol. The van der Waals surface area contributed by atoms with Gasteiger partial charge in [-0.25, -0.2) is 9.97 Å². The van der Waals surface area contributed by atoms with Crippen molar-refractivity contribution in [3.63, 3.8) is 0 Å². The summed E-state index contributed by atoms with van der Waals surface area (Å²) < 4.78 is 11.5. The first-order valence-electron chi connectivity index (χ1n) is 7.44. The quantitative estimate of drug-likeness (QED) is 0.863. The Morgan fingerprint density at radius 2 is 2.15 bits per heavy atom. The van der Waals surface area contributed by atoms with Crippen LogP contribution in [0.4, 0.5) is 0 Å². The highest BCUT2D eigenvalue weighted by Crippen LogP contribution is 2.33. The predicted molar refractivity (Wildman–Crippen MR) is 77.4 cm³/mol. The van der Waals surface area contributed by atoms with Crippen LogP contribution in [0.25, 0.3) is 0 Å². The number of hydrogen-bond donors (Lipinski definition) is 1. The standard InChI is InChI=1S/C15H25N3O2/c1-4-20-15(6-9-19-10-7-15)14-16-8-5-13(18-14)11-17-12(2)3/h5,8,12,17H,4,6-7,9-11H2,1-3H3. The first-order valence-corrected chi connectivity index (χ1v) is 7.44. The monoisotopic (exact) mass is 279 g/mol. The highest BCUT2D eigenvalue weighted by Gasteiger charge is 2.38. The molecule has 112 valence electrons. The Balaban J connectivity index is 2.18. The molecule has 0 saturated carbocycles. The van der Waals surface area contributed by atoms with Crippen molar-refractivity contribution in [1.29, 1.82) is 0 Å². The van der Waals surface area contributed by atoms with Crippen LogP contribution in [0, 0.1) is 0 Å². The molecule has 2 heterocycles. The lowest BCUT2D eigenvalue weighted by molar-refractivity contribution is -0.118. The number of ether oxygens (including phenoxy) is 2. The number of nitrogens with one attached hydrogen (secondary N) is 1. The van der Waals surface area contributed by atoms with Gasteiger partial charge in [-0.15, -0.1) is 0 Å². The zero-order valence-corrected chi connectivity index (χ0v) is 12.7. The maximum atomic E-state index is 6.01. The van der Waals surface area contributed by atoms with Gasteiger partial charge in [0.1, 0.15) is 5.60 Å². The molecule has 0 aliphatic carbocycles. The van der Waals surface area contributed by atoms with Gasteiger partial charge in [0.25, 0.3) is 0 Å². The van der Waals surface area contributed by atoms with E-state index in [4.69, 9.17) is 14.5 Å². The molecule has 0 spiro atoms. The van der Waals surface area contributed by atoms with E-state index in [9.17, 15) is 0 Å². The molecule has 0 atom stereocenters. The van der Waals surface area contributed by atoms with Gasteiger partial charge in [-0.1, -0.05) is 13.8 Å². The summed E-state index contributed by atoms with van der Waals surface area (Å²) in [7, 11) is 0. The van der Waals surface area contributed by atoms with Gasteiger partial charge in [0.15, 0.2) is 5.82 Å². The number of nitrogens with zero attached hydrogens (tertiary/aromatic N) is 2. The second kappa shape index (κ2) is 7.11. The average Bonchev–Trinajstić information content (AvgIpc) is 2.47. The van der Waals surface area contributed by atoms with E-state index in [2.05, 4.69) is 24.1 Å². The Hall–Kier alpha value is -1.04. The van der Waals surface area contributed by atoms with Crippen molar-refractivity contribution in [1.82, 2.24) is 15.3 Å². The highest BCUT2D eigenvalue weighted by molar-refractivity contribution is 5.10. The molecule has 0 unspecified atom stereocenters. The zero-order valence-electron chi connectivity index (χ0n) is 12.7. The normalized spacial score (nSPS) is 18.4. The summed E-state index contributed by atoms with van der Waals surface area (Å²) in [5, 5.41) is 3.38. The average molecular weight is 279 g/mol. The van der Waals surface area contributed by atoms with Crippen LogP contribution in [0.15, 0.2) is 12.3 Å². The lowest BCUT2D eigenvalue weighted by Crippen LogP contribution is -2.38. The molecule has 5 heteroatoms. The first kappa shape index (κ1) is 15.4. The molecule has 20 heavy (non-hydrogen) atoms. The van der Waals surface area contributed by atoms with Crippen molar-refractivity contribution >= 4 is 0 Å². The molecule has 0 amide bonds. The van der Waals surface area contributed by atoms with Crippen molar-refractivity contribution < 1.29 is 9.47 Å². The second-order valence-corrected chi connectivity index (χ2v) is 5.45. The van der Waals surface area contributed by atoms with E-state index >= 15 is 0 Å². The van der Waals surface area contributed by atoms with Crippen molar-refractivity contribution in [3.05, 3.63) is 23.8 Å². The smallest absolute Gasteiger partial charge is 0.160 e. The van der Waals surface area contributed by atoms with Gasteiger partial charge in [0.05, 0.1) is 5.69 Å². The third kappa shape index (κ3) is 3.75. The minimum Gasteiger partial charge on any atom is -0.381 e. The van der Waals surface area contributed by atoms with Crippen molar-refractivity contribution in [2.75, 3.05) is 19.8 Å². The van der Waals surface area contributed by atoms with Gasteiger partial charge in [0.2, 0.25) is 0 Å². The van der Waals surface area contributed by atoms with Crippen LogP contribution in [0.5, 0.6) is 0 Å². The summed E-state index contributed by atoms with van der Waals surface area (Å²) >= 11 is 0. The highest BCUT2D eigenvalue weighted by atomic mass is 16.5. The van der Waals surface area contributed by atoms with Crippen LogP contribution in [0.2, 0.25) is 0 Å². The maximum absolute atomic E-state index is 6.01. The molecule has 0 bridgehead atoms. The van der Waals surface area contributed by atoms with Gasteiger partial charge in [0, 0.05) is 51.4 Å². The Labute approximate surface area is 121 Å². The minimum atomic E-state index is -0.374. The predicted octanol–water partition coefficient (Wildman–Crippen LogP) is 2.02. The summed E-state index contributed by atoms with van der Waals surface area (Å²) in [5.41, 5.74) is 0.634. The van der Waals surface area contributed by atoms with Crippen LogP contribution in [0.1, 0.15) is 45.1 Å². The van der Waals surface area contributed by atoms with Crippen molar-refractivity contribution in [3.8, 4) is 0 Å². The minimum absolute atomic E-state index is 0.374. The van der Waals surface area contributed by atoms with Crippen LogP contribution >= 0.6 is 0 Å². The molecule has 1 aliphatic rings. The Morgan fingerprint density at radius 1 is 1.40 bits per heavy atom. The largest absolute Gasteiger partial charge is 0.381 e. The summed E-state index contributed by atoms with van der Waals surface area (Å²) in [6, 6.07) is 2.40. The van der Waals surface area contributed by atoms with E-state index in [1.807, 2.05) is 19.2 Å². The first-order chi connectivity index (χ1) is 9.66. The Morgan fingerprint density at radius 3 is 2.80 bits per heavy atom. The summed E-state index contributed by atoms with van der Waals surface area (Å²) in [5.74, 6) is 0.797. The summed E-state index contributed by atoms with van der Waals surface area (Å²) in [4.78, 5) is 9.17. The molecule has 2 rings (SSSR count). The van der Waals surface area contributed by atoms with Crippen LogP contribution in [-0.2, 0) is 21.6 Å². The molecule has 1 fully saturated rings. The van der Waals surface area contributed by atoms with Gasteiger partial charge < -0.3 is 14.8 Å². The fraction of sp³-hybridized carbons (Fsp3) is 0.733. The zero-order chi connectivity index (χ0) is 14.4. The van der Waals surface area contributed by atoms with E-state index in [0.29, 0.717) is 25.9 Å². The number of rotatable bonds is 6. The van der Waals surface area contributed by atoms with Crippen LogP contribution < -0.4 is 5.32 Å². The molecule has 1 aromatic rings. The molecule has 1 saturated heterocycles. The fourth-order valence-electron chi connectivity index (χ4n) is 2.43. The lowest BCUT2D eigenvalue weighted by Gasteiger charge is -2.35. The molecule has 1 aliphatic heterocycles. The Kier molecular flexibility index (Phi) is 5.46. The van der Waals surface area contributed by atoms with E-state index in [0.717, 1.165) is 30.9 Å². The molecular formula is C15H25N3O2. The number of aromatic nitrogens is 2. The summed E-state index contributed by atoms with van der Waals surface area (Å²) in [6.45, 7) is 9.10. The van der Waals surface area contributed by atoms with Gasteiger partial charge in [-0.2, -0.15) is 0 Å². The van der Waals surface area contributed by atoms with E-state index in [-0.39, 0.29) is 5.60 Å². The molecule has 0 aromatic carbocycles. The van der Waals surface area contributed by atoms with Gasteiger partial charge >= 0.3 is 0 Å². The molecule has 0 radical (unpaired) electrons. The van der Waals surface area contributed by atoms with Crippen molar-refractivity contribution in [2.24, 2.45) is 0 Å². The van der Waals surface area contributed by atoms with E-state index in [1.54, 1.807) is 0 Å². The lowest BCUT2D eigenvalue weighted by atomic mass is 9.93. The second-order valence-electron chi connectivity index (χ2n) is 5.45. The summed E-state index contributed by atoms with van der Waals surface area (Å²) in [6.07, 6.45) is 3.47. The molecule has 1 aromatic heterocycles. The van der Waals surface area contributed by atoms with Gasteiger partial charge in [-0.3, -0.25) is 0 Å². The van der Waals surface area contributed by atoms with Crippen LogP contribution in [-0.4, -0.2) is 35.8 Å². The SMILES string of the molecule is CCOC1(c2nccc(CNC(C)C)n2)CCOCC1. The van der Waals surface area contributed by atoms with Crippen LogP contribution in [0.3, 0.4) is 0 Å². The molecule has 5 nitrogen and oxygen atoms in total. The van der Waals surface area contributed by atoms with E-state index in [1.165, 1.54) is 0 Å². The maximum Gasteiger partial charge on any atom is 0.160 e. The van der Waals surface area contributed by atoms with Gasteiger partial charge in [-0.05, 0) is 13.0 Å². The number of hydrogen-bond acceptors (Lipinski definition) is 5. The topological polar surface area (TPSA) is 56.3 Å². The Bertz CT molecular complexity index is 412. The third-order valence-electron chi connectivity index (χ3n) is 3.53. The van der Waals surface area contributed by atoms with Crippen molar-refractivity contribution in [2.45, 2.75) is 51.8 Å². The third-order valence-corrected chi connectivity index (χ3v) is 3.53. The molecule has 1 N–H and O–H groups in total. The van der Waals surface area contributed by atoms with E-state index < -0.39 is 0 Å².